The van der Waals surface area contributed by atoms with Crippen LogP contribution in [0, 0.1) is 0 Å². The molecule has 0 aromatic heterocycles. The molecule has 6 nitrogen and oxygen atoms in total. The average molecular weight is 530 g/mol. The summed E-state index contributed by atoms with van der Waals surface area (Å²) < 4.78 is 11.8. The molecule has 0 fully saturated rings. The Hall–Kier alpha value is -2.67. The molecule has 0 aliphatic heterocycles. The summed E-state index contributed by atoms with van der Waals surface area (Å²) in [5.41, 5.74) is 4.54. The Morgan fingerprint density at radius 1 is 1.03 bits per heavy atom. The quantitative estimate of drug-likeness (QED) is 0.326. The van der Waals surface area contributed by atoms with E-state index in [0.717, 1.165) is 28.4 Å². The van der Waals surface area contributed by atoms with Crippen LogP contribution < -0.4 is 0 Å². The molecule has 0 N–H and O–H groups in total. The zero-order valence-corrected chi connectivity index (χ0v) is 22.0. The van der Waals surface area contributed by atoms with E-state index < -0.39 is 23.7 Å². The van der Waals surface area contributed by atoms with Crippen molar-refractivity contribution >= 4 is 33.8 Å². The van der Waals surface area contributed by atoms with E-state index in [0.29, 0.717) is 18.5 Å². The molecule has 3 rings (SSSR count). The Labute approximate surface area is 209 Å². The molecule has 0 heterocycles. The monoisotopic (exact) mass is 529 g/mol. The number of nitrogens with zero attached hydrogens (tertiary/aromatic N) is 1. The van der Waals surface area contributed by atoms with Crippen molar-refractivity contribution in [2.75, 3.05) is 13.2 Å². The number of aryl methyl sites for hydroxylation is 2. The molecule has 2 aromatic carbocycles. The molecule has 0 saturated carbocycles. The van der Waals surface area contributed by atoms with Gasteiger partial charge < -0.3 is 9.47 Å². The van der Waals surface area contributed by atoms with Crippen molar-refractivity contribution in [3.63, 3.8) is 0 Å². The van der Waals surface area contributed by atoms with Crippen LogP contribution in [-0.2, 0) is 27.1 Å². The third-order valence-electron chi connectivity index (χ3n) is 5.70. The van der Waals surface area contributed by atoms with Crippen molar-refractivity contribution in [2.45, 2.75) is 65.5 Å². The minimum absolute atomic E-state index is 0.274. The Balaban J connectivity index is 1.65. The molecule has 1 atom stereocenters. The first-order valence-corrected chi connectivity index (χ1v) is 12.4. The van der Waals surface area contributed by atoms with Crippen molar-refractivity contribution in [1.29, 1.82) is 0 Å². The molecule has 2 aromatic rings. The normalized spacial score (nSPS) is 13.4. The highest BCUT2D eigenvalue weighted by Crippen LogP contribution is 2.35. The second-order valence-electron chi connectivity index (χ2n) is 9.55. The molecule has 0 spiro atoms. The number of halogens is 1. The fourth-order valence-electron chi connectivity index (χ4n) is 4.01. The van der Waals surface area contributed by atoms with Gasteiger partial charge in [0.1, 0.15) is 11.6 Å². The minimum Gasteiger partial charge on any atom is -0.456 e. The van der Waals surface area contributed by atoms with E-state index in [2.05, 4.69) is 28.1 Å². The average Bonchev–Trinajstić information content (AvgIpc) is 2.78. The van der Waals surface area contributed by atoms with Gasteiger partial charge in [-0.25, -0.2) is 9.59 Å². The van der Waals surface area contributed by atoms with Gasteiger partial charge >= 0.3 is 12.1 Å². The lowest BCUT2D eigenvalue weighted by Crippen LogP contribution is -2.47. The SMILES string of the molecule is CCCN(C(=O)OC(C)(C)C)[C@@H](C)C(=O)OCC(=O)c1ccc2c(c1)CCc1cc(Br)ccc1-2. The molecular formula is C27H32BrNO5. The topological polar surface area (TPSA) is 72.9 Å². The summed E-state index contributed by atoms with van der Waals surface area (Å²) in [6.45, 7) is 8.78. The van der Waals surface area contributed by atoms with E-state index in [1.54, 1.807) is 33.8 Å². The number of carbonyl (C=O) groups excluding carboxylic acids is 3. The van der Waals surface area contributed by atoms with Gasteiger partial charge in [0.25, 0.3) is 0 Å². The molecule has 0 radical (unpaired) electrons. The molecule has 7 heteroatoms. The van der Waals surface area contributed by atoms with E-state index in [4.69, 9.17) is 9.47 Å². The van der Waals surface area contributed by atoms with Crippen LogP contribution in [0.25, 0.3) is 11.1 Å². The fraction of sp³-hybridized carbons (Fsp3) is 0.444. The molecule has 182 valence electrons. The number of fused-ring (bicyclic) bond motifs is 3. The number of hydrogen-bond acceptors (Lipinski definition) is 5. The van der Waals surface area contributed by atoms with Crippen LogP contribution in [0.5, 0.6) is 0 Å². The van der Waals surface area contributed by atoms with E-state index in [1.165, 1.54) is 16.0 Å². The number of ketones is 1. The number of benzene rings is 2. The number of hydrogen-bond donors (Lipinski definition) is 0. The van der Waals surface area contributed by atoms with Crippen LogP contribution in [0.15, 0.2) is 40.9 Å². The fourth-order valence-corrected chi connectivity index (χ4v) is 4.42. The van der Waals surface area contributed by atoms with Gasteiger partial charge in [-0.3, -0.25) is 9.69 Å². The minimum atomic E-state index is -0.859. The van der Waals surface area contributed by atoms with E-state index >= 15 is 0 Å². The third kappa shape index (κ3) is 6.26. The maximum atomic E-state index is 12.8. The van der Waals surface area contributed by atoms with Gasteiger partial charge in [0, 0.05) is 16.6 Å². The molecule has 0 bridgehead atoms. The highest BCUT2D eigenvalue weighted by Gasteiger charge is 2.30. The van der Waals surface area contributed by atoms with Crippen molar-refractivity contribution in [2.24, 2.45) is 0 Å². The number of rotatable bonds is 7. The van der Waals surface area contributed by atoms with Crippen LogP contribution in [0.3, 0.4) is 0 Å². The van der Waals surface area contributed by atoms with Gasteiger partial charge in [-0.1, -0.05) is 41.1 Å². The highest BCUT2D eigenvalue weighted by molar-refractivity contribution is 9.10. The summed E-state index contributed by atoms with van der Waals surface area (Å²) in [6, 6.07) is 11.0. The number of ether oxygens (including phenoxy) is 2. The van der Waals surface area contributed by atoms with E-state index in [-0.39, 0.29) is 12.4 Å². The Bertz CT molecular complexity index is 1090. The number of amides is 1. The van der Waals surface area contributed by atoms with Crippen molar-refractivity contribution in [3.8, 4) is 11.1 Å². The highest BCUT2D eigenvalue weighted by atomic mass is 79.9. The smallest absolute Gasteiger partial charge is 0.411 e. The lowest BCUT2D eigenvalue weighted by atomic mass is 9.84. The van der Waals surface area contributed by atoms with Crippen LogP contribution in [0.4, 0.5) is 4.79 Å². The molecule has 0 unspecified atom stereocenters. The molecule has 34 heavy (non-hydrogen) atoms. The summed E-state index contributed by atoms with van der Waals surface area (Å²) in [4.78, 5) is 39.3. The van der Waals surface area contributed by atoms with Gasteiger partial charge in [0.2, 0.25) is 0 Å². The van der Waals surface area contributed by atoms with Crippen LogP contribution in [-0.4, -0.2) is 47.5 Å². The summed E-state index contributed by atoms with van der Waals surface area (Å²) in [5, 5.41) is 0. The largest absolute Gasteiger partial charge is 0.456 e. The predicted molar refractivity (Wildman–Crippen MR) is 135 cm³/mol. The predicted octanol–water partition coefficient (Wildman–Crippen LogP) is 5.98. The lowest BCUT2D eigenvalue weighted by Gasteiger charge is -2.30. The van der Waals surface area contributed by atoms with Crippen molar-refractivity contribution in [1.82, 2.24) is 4.90 Å². The van der Waals surface area contributed by atoms with Crippen molar-refractivity contribution < 1.29 is 23.9 Å². The van der Waals surface area contributed by atoms with Gasteiger partial charge in [-0.2, -0.15) is 0 Å². The first kappa shape index (κ1) is 25.9. The van der Waals surface area contributed by atoms with Gasteiger partial charge in [0.15, 0.2) is 12.4 Å². The summed E-state index contributed by atoms with van der Waals surface area (Å²) in [5.74, 6) is -0.908. The summed E-state index contributed by atoms with van der Waals surface area (Å²) in [6.07, 6.45) is 1.83. The maximum Gasteiger partial charge on any atom is 0.411 e. The molecule has 0 saturated heterocycles. The summed E-state index contributed by atoms with van der Waals surface area (Å²) >= 11 is 3.52. The molecule has 1 aliphatic carbocycles. The zero-order valence-electron chi connectivity index (χ0n) is 20.4. The Kier molecular flexibility index (Phi) is 8.18. The standard InChI is InChI=1S/C27H32BrNO5/c1-6-13-29(26(32)34-27(3,4)5)17(2)25(31)33-16-24(30)20-9-11-22-18(14-20)7-8-19-15-21(28)10-12-23(19)22/h9-12,14-15,17H,6-8,13,16H2,1-5H3/t17-/m0/s1. The van der Waals surface area contributed by atoms with E-state index in [1.807, 2.05) is 25.1 Å². The van der Waals surface area contributed by atoms with Crippen LogP contribution in [0.1, 0.15) is 62.5 Å². The molecular weight excluding hydrogens is 498 g/mol. The van der Waals surface area contributed by atoms with Crippen LogP contribution in [0.2, 0.25) is 0 Å². The van der Waals surface area contributed by atoms with Crippen molar-refractivity contribution in [3.05, 3.63) is 57.6 Å². The second-order valence-corrected chi connectivity index (χ2v) is 10.5. The third-order valence-corrected chi connectivity index (χ3v) is 6.19. The Morgan fingerprint density at radius 2 is 1.65 bits per heavy atom. The Morgan fingerprint density at radius 3 is 2.26 bits per heavy atom. The number of esters is 1. The zero-order chi connectivity index (χ0) is 25.0. The first-order chi connectivity index (χ1) is 16.0. The second kappa shape index (κ2) is 10.7. The van der Waals surface area contributed by atoms with Gasteiger partial charge in [-0.05, 0) is 87.4 Å². The first-order valence-electron chi connectivity index (χ1n) is 11.6. The van der Waals surface area contributed by atoms with Gasteiger partial charge in [0.05, 0.1) is 0 Å². The molecule has 1 amide bonds. The molecule has 1 aliphatic rings. The lowest BCUT2D eigenvalue weighted by molar-refractivity contribution is -0.148. The maximum absolute atomic E-state index is 12.8. The number of Topliss-reactive ketones (excluding diaryl/α,β-unsaturated/α-hetero) is 1. The van der Waals surface area contributed by atoms with Crippen LogP contribution >= 0.6 is 15.9 Å². The summed E-state index contributed by atoms with van der Waals surface area (Å²) in [7, 11) is 0. The number of carbonyl (C=O) groups is 3. The van der Waals surface area contributed by atoms with Gasteiger partial charge in [-0.15, -0.1) is 0 Å². The van der Waals surface area contributed by atoms with E-state index in [9.17, 15) is 14.4 Å².